The SMILES string of the molecule is Cc1c([C@@H](C)NC(=O)C(=O)CC(C)C)cnn1-c1ccc(F)cc1F. The van der Waals surface area contributed by atoms with E-state index in [2.05, 4.69) is 10.4 Å². The maximum atomic E-state index is 13.9. The normalized spacial score (nSPS) is 12.3. The van der Waals surface area contributed by atoms with Crippen molar-refractivity contribution < 1.29 is 18.4 Å². The molecule has 0 aliphatic heterocycles. The molecule has 7 heteroatoms. The first-order valence-electron chi connectivity index (χ1n) is 8.04. The van der Waals surface area contributed by atoms with Gasteiger partial charge in [0.15, 0.2) is 5.82 Å². The number of nitrogens with one attached hydrogen (secondary N) is 1. The standard InChI is InChI=1S/C18H21F2N3O2/c1-10(2)7-17(24)18(25)22-11(3)14-9-21-23(12(14)4)16-6-5-13(19)8-15(16)20/h5-6,8-11H,7H2,1-4H3,(H,22,25)/t11-/m1/s1. The third-order valence-corrected chi connectivity index (χ3v) is 3.85. The lowest BCUT2D eigenvalue weighted by atomic mass is 10.1. The Bertz CT molecular complexity index is 800. The van der Waals surface area contributed by atoms with Gasteiger partial charge in [0.25, 0.3) is 5.91 Å². The fraction of sp³-hybridized carbons (Fsp3) is 0.389. The summed E-state index contributed by atoms with van der Waals surface area (Å²) >= 11 is 0. The van der Waals surface area contributed by atoms with Gasteiger partial charge in [-0.2, -0.15) is 5.10 Å². The van der Waals surface area contributed by atoms with Crippen LogP contribution >= 0.6 is 0 Å². The molecule has 134 valence electrons. The van der Waals surface area contributed by atoms with Gasteiger partial charge in [-0.3, -0.25) is 9.59 Å². The Hall–Kier alpha value is -2.57. The number of hydrogen-bond acceptors (Lipinski definition) is 3. The number of Topliss-reactive ketones (excluding diaryl/α,β-unsaturated/α-hetero) is 1. The number of aromatic nitrogens is 2. The fourth-order valence-electron chi connectivity index (χ4n) is 2.56. The maximum Gasteiger partial charge on any atom is 0.287 e. The van der Waals surface area contributed by atoms with Gasteiger partial charge in [-0.25, -0.2) is 13.5 Å². The predicted octanol–water partition coefficient (Wildman–Crippen LogP) is 3.25. The first-order chi connectivity index (χ1) is 11.7. The average Bonchev–Trinajstić information content (AvgIpc) is 2.88. The second kappa shape index (κ2) is 7.55. The first-order valence-corrected chi connectivity index (χ1v) is 8.04. The smallest absolute Gasteiger partial charge is 0.287 e. The lowest BCUT2D eigenvalue weighted by Gasteiger charge is -2.14. The molecule has 5 nitrogen and oxygen atoms in total. The van der Waals surface area contributed by atoms with Crippen LogP contribution < -0.4 is 5.32 Å². The highest BCUT2D eigenvalue weighted by molar-refractivity contribution is 6.36. The third kappa shape index (κ3) is 4.29. The van der Waals surface area contributed by atoms with E-state index in [1.807, 2.05) is 13.8 Å². The Morgan fingerprint density at radius 1 is 1.24 bits per heavy atom. The summed E-state index contributed by atoms with van der Waals surface area (Å²) in [6.07, 6.45) is 1.67. The van der Waals surface area contributed by atoms with Gasteiger partial charge in [0, 0.05) is 23.7 Å². The van der Waals surface area contributed by atoms with E-state index in [4.69, 9.17) is 0 Å². The van der Waals surface area contributed by atoms with Gasteiger partial charge in [0.2, 0.25) is 5.78 Å². The van der Waals surface area contributed by atoms with Gasteiger partial charge in [-0.15, -0.1) is 0 Å². The minimum Gasteiger partial charge on any atom is -0.343 e. The van der Waals surface area contributed by atoms with Crippen LogP contribution in [0.4, 0.5) is 8.78 Å². The van der Waals surface area contributed by atoms with Crippen LogP contribution in [-0.2, 0) is 9.59 Å². The number of rotatable bonds is 6. The maximum absolute atomic E-state index is 13.9. The Balaban J connectivity index is 2.20. The zero-order valence-corrected chi connectivity index (χ0v) is 14.6. The van der Waals surface area contributed by atoms with Gasteiger partial charge < -0.3 is 5.32 Å². The quantitative estimate of drug-likeness (QED) is 0.814. The van der Waals surface area contributed by atoms with Crippen molar-refractivity contribution in [2.75, 3.05) is 0 Å². The molecule has 0 aliphatic rings. The number of hydrogen-bond donors (Lipinski definition) is 1. The molecule has 1 aromatic heterocycles. The van der Waals surface area contributed by atoms with Crippen molar-refractivity contribution in [1.82, 2.24) is 15.1 Å². The van der Waals surface area contributed by atoms with Crippen molar-refractivity contribution in [3.8, 4) is 5.69 Å². The summed E-state index contributed by atoms with van der Waals surface area (Å²) in [5, 5.41) is 6.75. The summed E-state index contributed by atoms with van der Waals surface area (Å²) < 4.78 is 28.3. The van der Waals surface area contributed by atoms with E-state index in [9.17, 15) is 18.4 Å². The molecule has 1 heterocycles. The zero-order chi connectivity index (χ0) is 18.7. The summed E-state index contributed by atoms with van der Waals surface area (Å²) in [7, 11) is 0. The predicted molar refractivity (Wildman–Crippen MR) is 89.2 cm³/mol. The van der Waals surface area contributed by atoms with E-state index in [0.717, 1.165) is 12.1 Å². The lowest BCUT2D eigenvalue weighted by molar-refractivity contribution is -0.138. The second-order valence-electron chi connectivity index (χ2n) is 6.41. The van der Waals surface area contributed by atoms with E-state index in [0.29, 0.717) is 11.3 Å². The van der Waals surface area contributed by atoms with Crippen LogP contribution in [0.5, 0.6) is 0 Å². The van der Waals surface area contributed by atoms with Crippen LogP contribution in [0, 0.1) is 24.5 Å². The van der Waals surface area contributed by atoms with Gasteiger partial charge in [0.1, 0.15) is 11.5 Å². The van der Waals surface area contributed by atoms with Crippen LogP contribution in [0.15, 0.2) is 24.4 Å². The van der Waals surface area contributed by atoms with Crippen LogP contribution in [0.2, 0.25) is 0 Å². The molecule has 0 spiro atoms. The highest BCUT2D eigenvalue weighted by Gasteiger charge is 2.21. The largest absolute Gasteiger partial charge is 0.343 e. The Labute approximate surface area is 145 Å². The Kier molecular flexibility index (Phi) is 5.66. The summed E-state index contributed by atoms with van der Waals surface area (Å²) in [6.45, 7) is 7.15. The molecule has 25 heavy (non-hydrogen) atoms. The Morgan fingerprint density at radius 2 is 1.92 bits per heavy atom. The van der Waals surface area contributed by atoms with E-state index >= 15 is 0 Å². The van der Waals surface area contributed by atoms with Crippen LogP contribution in [0.1, 0.15) is 44.5 Å². The van der Waals surface area contributed by atoms with E-state index in [1.54, 1.807) is 13.8 Å². The highest BCUT2D eigenvalue weighted by Crippen LogP contribution is 2.22. The van der Waals surface area contributed by atoms with Crippen molar-refractivity contribution in [2.45, 2.75) is 40.2 Å². The number of benzene rings is 1. The summed E-state index contributed by atoms with van der Waals surface area (Å²) in [5.74, 6) is -2.44. The molecular weight excluding hydrogens is 328 g/mol. The minimum absolute atomic E-state index is 0.0968. The molecule has 0 saturated heterocycles. The molecular formula is C18H21F2N3O2. The fourth-order valence-corrected chi connectivity index (χ4v) is 2.56. The number of carbonyl (C=O) groups excluding carboxylic acids is 2. The van der Waals surface area contributed by atoms with Crippen molar-refractivity contribution in [3.05, 3.63) is 47.3 Å². The van der Waals surface area contributed by atoms with E-state index in [1.165, 1.54) is 16.9 Å². The number of halogens is 2. The van der Waals surface area contributed by atoms with Crippen LogP contribution in [0.25, 0.3) is 5.69 Å². The van der Waals surface area contributed by atoms with Crippen molar-refractivity contribution in [3.63, 3.8) is 0 Å². The van der Waals surface area contributed by atoms with Crippen LogP contribution in [0.3, 0.4) is 0 Å². The molecule has 0 radical (unpaired) electrons. The molecule has 0 fully saturated rings. The average molecular weight is 349 g/mol. The first kappa shape index (κ1) is 18.8. The molecule has 1 N–H and O–H groups in total. The van der Waals surface area contributed by atoms with Crippen LogP contribution in [-0.4, -0.2) is 21.5 Å². The van der Waals surface area contributed by atoms with E-state index < -0.39 is 29.4 Å². The number of carbonyl (C=O) groups is 2. The van der Waals surface area contributed by atoms with Gasteiger partial charge >= 0.3 is 0 Å². The number of nitrogens with zero attached hydrogens (tertiary/aromatic N) is 2. The minimum atomic E-state index is -0.735. The monoisotopic (exact) mass is 349 g/mol. The van der Waals surface area contributed by atoms with Gasteiger partial charge in [-0.05, 0) is 31.9 Å². The molecule has 0 bridgehead atoms. The third-order valence-electron chi connectivity index (χ3n) is 3.85. The summed E-state index contributed by atoms with van der Waals surface area (Å²) in [5.41, 5.74) is 1.35. The molecule has 2 rings (SSSR count). The molecule has 0 aliphatic carbocycles. The van der Waals surface area contributed by atoms with Gasteiger partial charge in [-0.1, -0.05) is 13.8 Å². The molecule has 0 unspecified atom stereocenters. The van der Waals surface area contributed by atoms with Crippen molar-refractivity contribution >= 4 is 11.7 Å². The van der Waals surface area contributed by atoms with E-state index in [-0.39, 0.29) is 18.0 Å². The molecule has 0 saturated carbocycles. The lowest BCUT2D eigenvalue weighted by Crippen LogP contribution is -2.33. The number of amides is 1. The van der Waals surface area contributed by atoms with Gasteiger partial charge in [0.05, 0.1) is 12.2 Å². The zero-order valence-electron chi connectivity index (χ0n) is 14.6. The molecule has 1 atom stereocenters. The second-order valence-corrected chi connectivity index (χ2v) is 6.41. The summed E-state index contributed by atoms with van der Waals surface area (Å²) in [4.78, 5) is 23.7. The molecule has 1 amide bonds. The van der Waals surface area contributed by atoms with Crippen molar-refractivity contribution in [1.29, 1.82) is 0 Å². The highest BCUT2D eigenvalue weighted by atomic mass is 19.1. The van der Waals surface area contributed by atoms with Crippen molar-refractivity contribution in [2.24, 2.45) is 5.92 Å². The number of ketones is 1. The molecule has 1 aromatic carbocycles. The topological polar surface area (TPSA) is 64.0 Å². The summed E-state index contributed by atoms with van der Waals surface area (Å²) in [6, 6.07) is 2.76. The Morgan fingerprint density at radius 3 is 2.52 bits per heavy atom. The molecule has 2 aromatic rings.